The van der Waals surface area contributed by atoms with Crippen LogP contribution in [0.5, 0.6) is 0 Å². The van der Waals surface area contributed by atoms with Crippen molar-refractivity contribution >= 4 is 11.8 Å². The molecule has 1 aromatic rings. The Labute approximate surface area is 135 Å². The van der Waals surface area contributed by atoms with E-state index in [1.54, 1.807) is 4.68 Å². The molecule has 0 aliphatic heterocycles. The fourth-order valence-corrected chi connectivity index (χ4v) is 5.83. The number of carbonyl (C=O) groups is 2. The lowest BCUT2D eigenvalue weighted by atomic mass is 9.46. The average molecular weight is 316 g/mol. The summed E-state index contributed by atoms with van der Waals surface area (Å²) in [6, 6.07) is 0. The molecule has 0 spiro atoms. The van der Waals surface area contributed by atoms with Crippen LogP contribution in [0.3, 0.4) is 0 Å². The zero-order valence-corrected chi connectivity index (χ0v) is 13.8. The first kappa shape index (κ1) is 14.7. The molecule has 0 aromatic carbocycles. The first-order valence-corrected chi connectivity index (χ1v) is 8.44. The number of nitrogens with zero attached hydrogens (tertiary/aromatic N) is 2. The molecule has 5 rings (SSSR count). The van der Waals surface area contributed by atoms with Crippen molar-refractivity contribution < 1.29 is 9.59 Å². The van der Waals surface area contributed by atoms with Gasteiger partial charge in [0, 0.05) is 24.3 Å². The van der Waals surface area contributed by atoms with Crippen LogP contribution in [0, 0.1) is 24.2 Å². The van der Waals surface area contributed by atoms with Crippen LogP contribution >= 0.6 is 0 Å². The molecule has 23 heavy (non-hydrogen) atoms. The van der Waals surface area contributed by atoms with Crippen LogP contribution in [0.25, 0.3) is 0 Å². The van der Waals surface area contributed by atoms with Crippen molar-refractivity contribution in [3.8, 4) is 0 Å². The van der Waals surface area contributed by atoms with Gasteiger partial charge in [0.15, 0.2) is 5.69 Å². The molecule has 6 nitrogen and oxygen atoms in total. The molecule has 6 heteroatoms. The van der Waals surface area contributed by atoms with Crippen LogP contribution in [0.2, 0.25) is 0 Å². The summed E-state index contributed by atoms with van der Waals surface area (Å²) in [4.78, 5) is 24.8. The van der Waals surface area contributed by atoms with Crippen LogP contribution in [-0.4, -0.2) is 27.1 Å². The van der Waals surface area contributed by atoms with Crippen LogP contribution in [0.4, 0.5) is 0 Å². The second-order valence-electron chi connectivity index (χ2n) is 8.17. The fourth-order valence-electron chi connectivity index (χ4n) is 5.83. The van der Waals surface area contributed by atoms with E-state index < -0.39 is 5.41 Å². The van der Waals surface area contributed by atoms with E-state index in [0.29, 0.717) is 24.0 Å². The van der Waals surface area contributed by atoms with E-state index >= 15 is 0 Å². The molecule has 2 atom stereocenters. The minimum atomic E-state index is -0.406. The van der Waals surface area contributed by atoms with E-state index in [2.05, 4.69) is 10.4 Å². The summed E-state index contributed by atoms with van der Waals surface area (Å²) in [5, 5.41) is 7.53. The molecule has 4 aliphatic carbocycles. The van der Waals surface area contributed by atoms with Crippen molar-refractivity contribution in [3.63, 3.8) is 0 Å². The third-order valence-corrected chi connectivity index (χ3v) is 6.19. The predicted octanol–water partition coefficient (Wildman–Crippen LogP) is 1.28. The van der Waals surface area contributed by atoms with Gasteiger partial charge in [-0.2, -0.15) is 5.10 Å². The highest BCUT2D eigenvalue weighted by atomic mass is 16.2. The number of amides is 2. The quantitative estimate of drug-likeness (QED) is 0.880. The zero-order valence-electron chi connectivity index (χ0n) is 13.8. The first-order valence-electron chi connectivity index (χ1n) is 8.44. The Kier molecular flexibility index (Phi) is 2.93. The number of hydrogen-bond donors (Lipinski definition) is 2. The summed E-state index contributed by atoms with van der Waals surface area (Å²) >= 11 is 0. The van der Waals surface area contributed by atoms with Crippen molar-refractivity contribution in [2.24, 2.45) is 30.0 Å². The highest BCUT2D eigenvalue weighted by Gasteiger charge is 2.60. The largest absolute Gasteiger partial charge is 0.369 e. The summed E-state index contributed by atoms with van der Waals surface area (Å²) in [7, 11) is 1.82. The maximum Gasteiger partial charge on any atom is 0.272 e. The fraction of sp³-hybridized carbons (Fsp3) is 0.706. The monoisotopic (exact) mass is 316 g/mol. The first-order chi connectivity index (χ1) is 10.8. The Balaban J connectivity index is 1.62. The van der Waals surface area contributed by atoms with Gasteiger partial charge in [-0.25, -0.2) is 0 Å². The molecule has 124 valence electrons. The van der Waals surface area contributed by atoms with E-state index in [0.717, 1.165) is 31.2 Å². The molecule has 4 bridgehead atoms. The number of aromatic nitrogens is 2. The minimum absolute atomic E-state index is 0.121. The Morgan fingerprint density at radius 2 is 1.96 bits per heavy atom. The van der Waals surface area contributed by atoms with Crippen molar-refractivity contribution in [2.75, 3.05) is 0 Å². The van der Waals surface area contributed by atoms with Crippen molar-refractivity contribution in [1.29, 1.82) is 0 Å². The summed E-state index contributed by atoms with van der Waals surface area (Å²) in [5.74, 6) is 0.715. The molecule has 2 unspecified atom stereocenters. The van der Waals surface area contributed by atoms with E-state index in [9.17, 15) is 9.59 Å². The number of nitrogens with one attached hydrogen (secondary N) is 1. The van der Waals surface area contributed by atoms with Gasteiger partial charge in [0.2, 0.25) is 5.91 Å². The van der Waals surface area contributed by atoms with Crippen LogP contribution in [0.15, 0.2) is 6.20 Å². The Hall–Kier alpha value is -1.85. The zero-order chi connectivity index (χ0) is 16.4. The molecule has 4 aliphatic rings. The van der Waals surface area contributed by atoms with Gasteiger partial charge in [-0.3, -0.25) is 14.3 Å². The third-order valence-electron chi connectivity index (χ3n) is 6.19. The second kappa shape index (κ2) is 4.58. The van der Waals surface area contributed by atoms with Crippen molar-refractivity contribution in [3.05, 3.63) is 17.5 Å². The lowest BCUT2D eigenvalue weighted by Crippen LogP contribution is -2.65. The lowest BCUT2D eigenvalue weighted by Gasteiger charge is -2.61. The van der Waals surface area contributed by atoms with Gasteiger partial charge < -0.3 is 11.1 Å². The van der Waals surface area contributed by atoms with Crippen LogP contribution in [0.1, 0.15) is 54.6 Å². The summed E-state index contributed by atoms with van der Waals surface area (Å²) in [5.41, 5.74) is 6.43. The molecule has 4 saturated carbocycles. The Morgan fingerprint density at radius 3 is 2.48 bits per heavy atom. The molecule has 3 N–H and O–H groups in total. The number of carbonyl (C=O) groups excluding carboxylic acids is 2. The smallest absolute Gasteiger partial charge is 0.272 e. The Morgan fingerprint density at radius 1 is 1.30 bits per heavy atom. The van der Waals surface area contributed by atoms with Crippen molar-refractivity contribution in [2.45, 2.75) is 51.0 Å². The molecule has 0 radical (unpaired) electrons. The lowest BCUT2D eigenvalue weighted by molar-refractivity contribution is -0.146. The molecule has 1 heterocycles. The molecular formula is C17H24N4O2. The second-order valence-corrected chi connectivity index (χ2v) is 8.17. The SMILES string of the molecule is Cc1cn(C)nc1C(=O)NC12CC3CC(C1)CC(C(N)=O)(C3)C2. The third kappa shape index (κ3) is 2.18. The number of rotatable bonds is 3. The normalized spacial score (nSPS) is 37.8. The average Bonchev–Trinajstić information content (AvgIpc) is 2.75. The van der Waals surface area contributed by atoms with E-state index in [4.69, 9.17) is 5.73 Å². The van der Waals surface area contributed by atoms with E-state index in [1.807, 2.05) is 20.2 Å². The highest BCUT2D eigenvalue weighted by Crippen LogP contribution is 2.61. The van der Waals surface area contributed by atoms with Crippen LogP contribution in [-0.2, 0) is 11.8 Å². The van der Waals surface area contributed by atoms with Gasteiger partial charge >= 0.3 is 0 Å². The minimum Gasteiger partial charge on any atom is -0.369 e. The molecular weight excluding hydrogens is 292 g/mol. The Bertz CT molecular complexity index is 679. The number of hydrogen-bond acceptors (Lipinski definition) is 3. The van der Waals surface area contributed by atoms with Gasteiger partial charge in [-0.1, -0.05) is 0 Å². The molecule has 0 saturated heterocycles. The van der Waals surface area contributed by atoms with Crippen LogP contribution < -0.4 is 11.1 Å². The van der Waals surface area contributed by atoms with Gasteiger partial charge in [-0.15, -0.1) is 0 Å². The molecule has 1 aromatic heterocycles. The standard InChI is InChI=1S/C17H24N4O2/c1-10-8-21(2)20-13(10)14(22)19-17-6-11-3-12(7-17)5-16(4-11,9-17)15(18)23/h8,11-12H,3-7,9H2,1-2H3,(H2,18,23)(H,19,22). The summed E-state index contributed by atoms with van der Waals surface area (Å²) < 4.78 is 1.66. The maximum atomic E-state index is 12.7. The van der Waals surface area contributed by atoms with E-state index in [1.165, 1.54) is 6.42 Å². The van der Waals surface area contributed by atoms with Gasteiger partial charge in [0.25, 0.3) is 5.91 Å². The van der Waals surface area contributed by atoms with Gasteiger partial charge in [-0.05, 0) is 57.3 Å². The predicted molar refractivity (Wildman–Crippen MR) is 84.5 cm³/mol. The molecule has 2 amide bonds. The summed E-state index contributed by atoms with van der Waals surface area (Å²) in [6.07, 6.45) is 7.46. The highest BCUT2D eigenvalue weighted by molar-refractivity contribution is 5.94. The van der Waals surface area contributed by atoms with Crippen molar-refractivity contribution in [1.82, 2.24) is 15.1 Å². The number of nitrogens with two attached hydrogens (primary N) is 1. The maximum absolute atomic E-state index is 12.7. The van der Waals surface area contributed by atoms with Gasteiger partial charge in [0.05, 0.1) is 5.41 Å². The summed E-state index contributed by atoms with van der Waals surface area (Å²) in [6.45, 7) is 1.90. The molecule has 4 fully saturated rings. The number of primary amides is 1. The number of aryl methyl sites for hydroxylation is 2. The van der Waals surface area contributed by atoms with Gasteiger partial charge in [0.1, 0.15) is 0 Å². The van der Waals surface area contributed by atoms with E-state index in [-0.39, 0.29) is 17.4 Å². The topological polar surface area (TPSA) is 90.0 Å².